The smallest absolute Gasteiger partial charge is 0.252 e. The van der Waals surface area contributed by atoms with Crippen LogP contribution in [0.25, 0.3) is 0 Å². The molecule has 0 fully saturated rings. The maximum atomic E-state index is 13.1. The highest BCUT2D eigenvalue weighted by molar-refractivity contribution is 7.80. The molecule has 0 aliphatic carbocycles. The van der Waals surface area contributed by atoms with Crippen molar-refractivity contribution in [1.29, 1.82) is 0 Å². The Morgan fingerprint density at radius 1 is 1.47 bits per heavy atom. The summed E-state index contributed by atoms with van der Waals surface area (Å²) < 4.78 is 13.1. The van der Waals surface area contributed by atoms with Crippen molar-refractivity contribution in [3.8, 4) is 0 Å². The summed E-state index contributed by atoms with van der Waals surface area (Å²) in [4.78, 5) is 12.4. The SMILES string of the molecule is CCC(CC)(NC(=O)c1ccc(F)c(Cl)c1)C(N)=S. The van der Waals surface area contributed by atoms with E-state index in [1.54, 1.807) is 0 Å². The molecule has 0 atom stereocenters. The van der Waals surface area contributed by atoms with Gasteiger partial charge in [0.05, 0.1) is 15.6 Å². The standard InChI is InChI=1S/C13H16ClFN2OS/c1-3-13(4-2,12(16)19)17-11(18)8-5-6-10(15)9(14)7-8/h5-7H,3-4H2,1-2H3,(H2,16,19)(H,17,18). The minimum absolute atomic E-state index is 0.0958. The summed E-state index contributed by atoms with van der Waals surface area (Å²) >= 11 is 10.7. The fraction of sp³-hybridized carbons (Fsp3) is 0.385. The van der Waals surface area contributed by atoms with Gasteiger partial charge in [0.25, 0.3) is 5.91 Å². The van der Waals surface area contributed by atoms with Gasteiger partial charge < -0.3 is 11.1 Å². The van der Waals surface area contributed by atoms with E-state index in [1.165, 1.54) is 12.1 Å². The van der Waals surface area contributed by atoms with E-state index in [-0.39, 0.29) is 21.5 Å². The molecular weight excluding hydrogens is 287 g/mol. The van der Waals surface area contributed by atoms with Crippen molar-refractivity contribution < 1.29 is 9.18 Å². The second-order valence-corrected chi connectivity index (χ2v) is 5.08. The van der Waals surface area contributed by atoms with Crippen molar-refractivity contribution >= 4 is 34.7 Å². The topological polar surface area (TPSA) is 55.1 Å². The molecule has 3 nitrogen and oxygen atoms in total. The number of carbonyl (C=O) groups is 1. The lowest BCUT2D eigenvalue weighted by atomic mass is 9.92. The molecule has 19 heavy (non-hydrogen) atoms. The maximum Gasteiger partial charge on any atom is 0.252 e. The summed E-state index contributed by atoms with van der Waals surface area (Å²) in [5.74, 6) is -0.941. The number of halogens is 2. The van der Waals surface area contributed by atoms with E-state index < -0.39 is 11.4 Å². The van der Waals surface area contributed by atoms with Crippen molar-refractivity contribution in [3.05, 3.63) is 34.6 Å². The van der Waals surface area contributed by atoms with Gasteiger partial charge in [-0.15, -0.1) is 0 Å². The second-order valence-electron chi connectivity index (χ2n) is 4.24. The van der Waals surface area contributed by atoms with Crippen molar-refractivity contribution in [3.63, 3.8) is 0 Å². The van der Waals surface area contributed by atoms with Crippen molar-refractivity contribution in [2.75, 3.05) is 0 Å². The summed E-state index contributed by atoms with van der Waals surface area (Å²) in [6, 6.07) is 3.80. The van der Waals surface area contributed by atoms with E-state index in [0.29, 0.717) is 12.8 Å². The maximum absolute atomic E-state index is 13.1. The number of rotatable bonds is 5. The van der Waals surface area contributed by atoms with Crippen LogP contribution in [0.4, 0.5) is 4.39 Å². The van der Waals surface area contributed by atoms with Gasteiger partial charge in [-0.05, 0) is 31.0 Å². The molecule has 0 aliphatic rings. The first-order chi connectivity index (χ1) is 8.86. The predicted molar refractivity (Wildman–Crippen MR) is 79.0 cm³/mol. The Labute approximate surface area is 122 Å². The number of hydrogen-bond acceptors (Lipinski definition) is 2. The first kappa shape index (κ1) is 15.9. The van der Waals surface area contributed by atoms with E-state index in [0.717, 1.165) is 6.07 Å². The van der Waals surface area contributed by atoms with Crippen molar-refractivity contribution in [2.24, 2.45) is 5.73 Å². The lowest BCUT2D eigenvalue weighted by molar-refractivity contribution is 0.0920. The molecule has 0 unspecified atom stereocenters. The van der Waals surface area contributed by atoms with Crippen LogP contribution in [0.1, 0.15) is 37.0 Å². The molecule has 0 radical (unpaired) electrons. The van der Waals surface area contributed by atoms with Crippen molar-refractivity contribution in [2.45, 2.75) is 32.2 Å². The minimum atomic E-state index is -0.729. The average molecular weight is 303 g/mol. The molecule has 1 aromatic carbocycles. The molecule has 1 amide bonds. The van der Waals surface area contributed by atoms with E-state index in [4.69, 9.17) is 29.6 Å². The number of thiocarbonyl (C=S) groups is 1. The van der Waals surface area contributed by atoms with Gasteiger partial charge in [0.15, 0.2) is 0 Å². The summed E-state index contributed by atoms with van der Waals surface area (Å²) in [5, 5.41) is 2.71. The Morgan fingerprint density at radius 3 is 2.47 bits per heavy atom. The summed E-state index contributed by atoms with van der Waals surface area (Å²) in [6.45, 7) is 3.78. The normalized spacial score (nSPS) is 11.2. The zero-order valence-corrected chi connectivity index (χ0v) is 12.4. The Hall–Kier alpha value is -1.20. The number of nitrogens with two attached hydrogens (primary N) is 1. The highest BCUT2D eigenvalue weighted by Gasteiger charge is 2.31. The predicted octanol–water partition coefficient (Wildman–Crippen LogP) is 3.05. The second kappa shape index (κ2) is 6.30. The van der Waals surface area contributed by atoms with Crippen LogP contribution in [-0.2, 0) is 0 Å². The van der Waals surface area contributed by atoms with Gasteiger partial charge >= 0.3 is 0 Å². The molecule has 0 aromatic heterocycles. The zero-order valence-electron chi connectivity index (χ0n) is 10.8. The van der Waals surface area contributed by atoms with E-state index in [9.17, 15) is 9.18 Å². The molecule has 0 aliphatic heterocycles. The molecule has 1 aromatic rings. The lowest BCUT2D eigenvalue weighted by Crippen LogP contribution is -2.55. The highest BCUT2D eigenvalue weighted by atomic mass is 35.5. The molecular formula is C13H16ClFN2OS. The highest BCUT2D eigenvalue weighted by Crippen LogP contribution is 2.19. The zero-order chi connectivity index (χ0) is 14.6. The first-order valence-electron chi connectivity index (χ1n) is 5.93. The molecule has 0 saturated carbocycles. The molecule has 0 saturated heterocycles. The quantitative estimate of drug-likeness (QED) is 0.822. The fourth-order valence-corrected chi connectivity index (χ4v) is 2.28. The molecule has 104 valence electrons. The molecule has 6 heteroatoms. The lowest BCUT2D eigenvalue weighted by Gasteiger charge is -2.31. The number of carbonyl (C=O) groups excluding carboxylic acids is 1. The van der Waals surface area contributed by atoms with E-state index in [1.807, 2.05) is 13.8 Å². The number of nitrogens with one attached hydrogen (secondary N) is 1. The Morgan fingerprint density at radius 2 is 2.05 bits per heavy atom. The van der Waals surface area contributed by atoms with Gasteiger partial charge in [-0.25, -0.2) is 4.39 Å². The van der Waals surface area contributed by atoms with Crippen molar-refractivity contribution in [1.82, 2.24) is 5.32 Å². The Balaban J connectivity index is 3.00. The molecule has 3 N–H and O–H groups in total. The van der Waals surface area contributed by atoms with Gasteiger partial charge in [0.2, 0.25) is 0 Å². The summed E-state index contributed by atoms with van der Waals surface area (Å²) in [6.07, 6.45) is 1.17. The summed E-state index contributed by atoms with van der Waals surface area (Å²) in [7, 11) is 0. The van der Waals surface area contributed by atoms with Crippen LogP contribution in [0, 0.1) is 5.82 Å². The molecule has 0 bridgehead atoms. The number of amides is 1. The van der Waals surface area contributed by atoms with Crippen LogP contribution in [-0.4, -0.2) is 16.4 Å². The van der Waals surface area contributed by atoms with Gasteiger partial charge in [0, 0.05) is 5.56 Å². The third kappa shape index (κ3) is 3.42. The first-order valence-corrected chi connectivity index (χ1v) is 6.72. The Bertz CT molecular complexity index is 503. The largest absolute Gasteiger partial charge is 0.391 e. The number of benzene rings is 1. The van der Waals surface area contributed by atoms with Gasteiger partial charge in [-0.1, -0.05) is 37.7 Å². The Kier molecular flexibility index (Phi) is 5.26. The molecule has 0 heterocycles. The van der Waals surface area contributed by atoms with Gasteiger partial charge in [-0.2, -0.15) is 0 Å². The molecule has 0 spiro atoms. The summed E-state index contributed by atoms with van der Waals surface area (Å²) in [5.41, 5.74) is 5.25. The monoisotopic (exact) mass is 302 g/mol. The molecule has 1 rings (SSSR count). The van der Waals surface area contributed by atoms with E-state index in [2.05, 4.69) is 5.32 Å². The van der Waals surface area contributed by atoms with Crippen LogP contribution in [0.15, 0.2) is 18.2 Å². The third-order valence-corrected chi connectivity index (χ3v) is 3.89. The van der Waals surface area contributed by atoms with Crippen LogP contribution in [0.5, 0.6) is 0 Å². The van der Waals surface area contributed by atoms with Crippen LogP contribution in [0.2, 0.25) is 5.02 Å². The fourth-order valence-electron chi connectivity index (χ4n) is 1.76. The third-order valence-electron chi connectivity index (χ3n) is 3.21. The van der Waals surface area contributed by atoms with Crippen LogP contribution < -0.4 is 11.1 Å². The van der Waals surface area contributed by atoms with Crippen LogP contribution in [0.3, 0.4) is 0 Å². The average Bonchev–Trinajstić information content (AvgIpc) is 2.38. The minimum Gasteiger partial charge on any atom is -0.391 e. The van der Waals surface area contributed by atoms with Gasteiger partial charge in [-0.3, -0.25) is 4.79 Å². The van der Waals surface area contributed by atoms with E-state index >= 15 is 0 Å². The van der Waals surface area contributed by atoms with Crippen LogP contribution >= 0.6 is 23.8 Å². The van der Waals surface area contributed by atoms with Gasteiger partial charge in [0.1, 0.15) is 5.82 Å². The number of hydrogen-bond donors (Lipinski definition) is 2.